The van der Waals surface area contributed by atoms with Crippen molar-refractivity contribution in [2.45, 2.75) is 20.0 Å². The van der Waals surface area contributed by atoms with Crippen LogP contribution in [0.15, 0.2) is 36.7 Å². The molecule has 0 spiro atoms. The van der Waals surface area contributed by atoms with Crippen molar-refractivity contribution >= 4 is 17.2 Å². The maximum Gasteiger partial charge on any atom is 0.274 e. The van der Waals surface area contributed by atoms with Gasteiger partial charge in [0, 0.05) is 30.3 Å². The first-order valence-corrected chi connectivity index (χ1v) is 8.60. The van der Waals surface area contributed by atoms with E-state index in [2.05, 4.69) is 9.97 Å². The molecule has 0 bridgehead atoms. The highest BCUT2D eigenvalue weighted by Gasteiger charge is 2.28. The number of imidazole rings is 1. The minimum absolute atomic E-state index is 0.0970. The van der Waals surface area contributed by atoms with Crippen molar-refractivity contribution in [1.82, 2.24) is 19.3 Å². The highest BCUT2D eigenvalue weighted by molar-refractivity contribution is 5.93. The zero-order valence-electron chi connectivity index (χ0n) is 14.8. The van der Waals surface area contributed by atoms with Crippen molar-refractivity contribution in [2.24, 2.45) is 0 Å². The highest BCUT2D eigenvalue weighted by atomic mass is 16.5. The van der Waals surface area contributed by atoms with E-state index >= 15 is 0 Å². The molecule has 1 aliphatic heterocycles. The van der Waals surface area contributed by atoms with Gasteiger partial charge in [-0.1, -0.05) is 6.07 Å². The van der Waals surface area contributed by atoms with Gasteiger partial charge in [0.1, 0.15) is 17.4 Å². The van der Waals surface area contributed by atoms with Crippen molar-refractivity contribution in [1.29, 1.82) is 0 Å². The summed E-state index contributed by atoms with van der Waals surface area (Å²) in [6.45, 7) is 5.32. The molecule has 1 fully saturated rings. The minimum atomic E-state index is -0.283. The summed E-state index contributed by atoms with van der Waals surface area (Å²) in [5, 5.41) is 0. The molecule has 3 aromatic rings. The Kier molecular flexibility index (Phi) is 4.08. The number of nitrogen functional groups attached to an aromatic ring is 1. The number of pyridine rings is 2. The summed E-state index contributed by atoms with van der Waals surface area (Å²) in [5.41, 5.74) is 10.5. The number of aryl methyl sites for hydroxylation is 2. The Labute approximate surface area is 151 Å². The number of hydrogen-bond donors (Lipinski definition) is 1. The summed E-state index contributed by atoms with van der Waals surface area (Å²) >= 11 is 0. The smallest absolute Gasteiger partial charge is 0.274 e. The van der Waals surface area contributed by atoms with Crippen molar-refractivity contribution in [3.63, 3.8) is 0 Å². The lowest BCUT2D eigenvalue weighted by atomic mass is 10.1. The largest absolute Gasteiger partial charge is 0.399 e. The third kappa shape index (κ3) is 3.13. The first-order valence-electron chi connectivity index (χ1n) is 8.60. The van der Waals surface area contributed by atoms with Gasteiger partial charge in [-0.2, -0.15) is 0 Å². The van der Waals surface area contributed by atoms with Crippen molar-refractivity contribution < 1.29 is 9.53 Å². The number of nitrogens with two attached hydrogens (primary N) is 1. The molecule has 0 aliphatic carbocycles. The van der Waals surface area contributed by atoms with E-state index in [-0.39, 0.29) is 12.0 Å². The second-order valence-corrected chi connectivity index (χ2v) is 6.68. The van der Waals surface area contributed by atoms with E-state index in [1.54, 1.807) is 17.2 Å². The Morgan fingerprint density at radius 2 is 2.08 bits per heavy atom. The van der Waals surface area contributed by atoms with E-state index in [4.69, 9.17) is 10.5 Å². The molecular weight excluding hydrogens is 330 g/mol. The molecule has 4 rings (SSSR count). The van der Waals surface area contributed by atoms with Crippen LogP contribution in [0.25, 0.3) is 5.65 Å². The number of aromatic nitrogens is 3. The second kappa shape index (κ2) is 6.42. The van der Waals surface area contributed by atoms with Gasteiger partial charge in [0.2, 0.25) is 0 Å². The van der Waals surface area contributed by atoms with Crippen molar-refractivity contribution in [2.75, 3.05) is 25.4 Å². The SMILES string of the molecule is Cc1ccc2nc(C(=O)N3CCO[C@@H](c4cc(N)cc(C)n4)C3)cn2c1. The number of hydrogen-bond acceptors (Lipinski definition) is 5. The summed E-state index contributed by atoms with van der Waals surface area (Å²) in [4.78, 5) is 23.6. The number of rotatable bonds is 2. The number of carbonyl (C=O) groups excluding carboxylic acids is 1. The van der Waals surface area contributed by atoms with Crippen LogP contribution in [0.5, 0.6) is 0 Å². The van der Waals surface area contributed by atoms with Gasteiger partial charge in [-0.25, -0.2) is 4.98 Å². The Morgan fingerprint density at radius 3 is 2.88 bits per heavy atom. The predicted molar refractivity (Wildman–Crippen MR) is 97.9 cm³/mol. The van der Waals surface area contributed by atoms with Gasteiger partial charge in [-0.05, 0) is 37.6 Å². The zero-order chi connectivity index (χ0) is 18.3. The van der Waals surface area contributed by atoms with E-state index in [0.29, 0.717) is 31.1 Å². The summed E-state index contributed by atoms with van der Waals surface area (Å²) < 4.78 is 7.71. The molecule has 0 radical (unpaired) electrons. The van der Waals surface area contributed by atoms with Crippen LogP contribution in [0, 0.1) is 13.8 Å². The van der Waals surface area contributed by atoms with Crippen LogP contribution >= 0.6 is 0 Å². The monoisotopic (exact) mass is 351 g/mol. The van der Waals surface area contributed by atoms with Crippen LogP contribution in [0.1, 0.15) is 33.5 Å². The minimum Gasteiger partial charge on any atom is -0.399 e. The number of nitrogens with zero attached hydrogens (tertiary/aromatic N) is 4. The molecule has 1 atom stereocenters. The Morgan fingerprint density at radius 1 is 1.23 bits per heavy atom. The van der Waals surface area contributed by atoms with Crippen molar-refractivity contribution in [3.05, 3.63) is 59.3 Å². The van der Waals surface area contributed by atoms with E-state index < -0.39 is 0 Å². The summed E-state index contributed by atoms with van der Waals surface area (Å²) in [6.07, 6.45) is 3.45. The number of anilines is 1. The summed E-state index contributed by atoms with van der Waals surface area (Å²) in [7, 11) is 0. The molecule has 26 heavy (non-hydrogen) atoms. The molecule has 0 aromatic carbocycles. The molecule has 1 aliphatic rings. The van der Waals surface area contributed by atoms with Gasteiger partial charge in [-0.15, -0.1) is 0 Å². The maximum atomic E-state index is 12.9. The molecule has 7 heteroatoms. The van der Waals surface area contributed by atoms with Gasteiger partial charge in [-0.3, -0.25) is 9.78 Å². The molecule has 1 amide bonds. The normalized spacial score (nSPS) is 17.6. The van der Waals surface area contributed by atoms with Gasteiger partial charge in [0.25, 0.3) is 5.91 Å². The first kappa shape index (κ1) is 16.5. The molecule has 134 valence electrons. The molecule has 0 unspecified atom stereocenters. The average molecular weight is 351 g/mol. The number of ether oxygens (including phenoxy) is 1. The fourth-order valence-electron chi connectivity index (χ4n) is 3.27. The molecule has 4 heterocycles. The highest BCUT2D eigenvalue weighted by Crippen LogP contribution is 2.24. The van der Waals surface area contributed by atoms with Gasteiger partial charge in [0.15, 0.2) is 0 Å². The van der Waals surface area contributed by atoms with Crippen LogP contribution in [-0.4, -0.2) is 44.9 Å². The third-order valence-corrected chi connectivity index (χ3v) is 4.50. The fraction of sp³-hybridized carbons (Fsp3) is 0.316. The van der Waals surface area contributed by atoms with E-state index in [9.17, 15) is 4.79 Å². The van der Waals surface area contributed by atoms with E-state index in [1.807, 2.05) is 42.6 Å². The van der Waals surface area contributed by atoms with E-state index in [0.717, 1.165) is 22.6 Å². The Balaban J connectivity index is 1.57. The van der Waals surface area contributed by atoms with Crippen LogP contribution in [0.4, 0.5) is 5.69 Å². The lowest BCUT2D eigenvalue weighted by Gasteiger charge is -2.32. The molecule has 7 nitrogen and oxygen atoms in total. The van der Waals surface area contributed by atoms with Crippen LogP contribution in [-0.2, 0) is 4.74 Å². The van der Waals surface area contributed by atoms with E-state index in [1.165, 1.54) is 0 Å². The van der Waals surface area contributed by atoms with Crippen LogP contribution in [0.2, 0.25) is 0 Å². The Bertz CT molecular complexity index is 961. The number of morpholine rings is 1. The zero-order valence-corrected chi connectivity index (χ0v) is 14.8. The topological polar surface area (TPSA) is 85.8 Å². The molecule has 0 saturated carbocycles. The number of carbonyl (C=O) groups is 1. The maximum absolute atomic E-state index is 12.9. The Hall–Kier alpha value is -2.93. The van der Waals surface area contributed by atoms with Crippen LogP contribution < -0.4 is 5.73 Å². The number of amides is 1. The van der Waals surface area contributed by atoms with Crippen LogP contribution in [0.3, 0.4) is 0 Å². The summed E-state index contributed by atoms with van der Waals surface area (Å²) in [5.74, 6) is -0.0970. The molecular formula is C19H21N5O2. The third-order valence-electron chi connectivity index (χ3n) is 4.50. The standard InChI is InChI=1S/C19H21N5O2/c1-12-3-4-18-22-16(10-24(18)9-12)19(25)23-5-6-26-17(11-23)15-8-14(20)7-13(2)21-15/h3-4,7-10,17H,5-6,11H2,1-2H3,(H2,20,21)/t17-/m1/s1. The van der Waals surface area contributed by atoms with Gasteiger partial charge in [0.05, 0.1) is 18.8 Å². The fourth-order valence-corrected chi connectivity index (χ4v) is 3.27. The van der Waals surface area contributed by atoms with Gasteiger partial charge >= 0.3 is 0 Å². The first-order chi connectivity index (χ1) is 12.5. The molecule has 2 N–H and O–H groups in total. The molecule has 1 saturated heterocycles. The quantitative estimate of drug-likeness (QED) is 0.764. The second-order valence-electron chi connectivity index (χ2n) is 6.68. The molecule has 3 aromatic heterocycles. The summed E-state index contributed by atoms with van der Waals surface area (Å²) in [6, 6.07) is 7.51. The lowest BCUT2D eigenvalue weighted by molar-refractivity contribution is -0.0249. The predicted octanol–water partition coefficient (Wildman–Crippen LogP) is 2.14. The number of fused-ring (bicyclic) bond motifs is 1. The van der Waals surface area contributed by atoms with Crippen molar-refractivity contribution in [3.8, 4) is 0 Å². The average Bonchev–Trinajstić information content (AvgIpc) is 3.03. The lowest BCUT2D eigenvalue weighted by Crippen LogP contribution is -2.42. The van der Waals surface area contributed by atoms with Gasteiger partial charge < -0.3 is 19.8 Å².